The van der Waals surface area contributed by atoms with E-state index in [2.05, 4.69) is 80.8 Å². The number of nitrogens with zero attached hydrogens (tertiary/aromatic N) is 2. The monoisotopic (exact) mass is 558 g/mol. The van der Waals surface area contributed by atoms with Crippen LogP contribution in [-0.4, -0.2) is 28.2 Å². The number of hydrogen-bond donors (Lipinski definition) is 0. The zero-order valence-electron chi connectivity index (χ0n) is 27.5. The average Bonchev–Trinajstić information content (AvgIpc) is 3.50. The fraction of sp³-hybridized carbons (Fsp3) is 0.795. The van der Waals surface area contributed by atoms with Crippen molar-refractivity contribution in [1.29, 1.82) is 0 Å². The molecule has 2 unspecified atom stereocenters. The molecule has 3 saturated carbocycles. The lowest BCUT2D eigenvalue weighted by Gasteiger charge is -2.58. The number of fused-ring (bicyclic) bond motifs is 1. The van der Waals surface area contributed by atoms with E-state index in [1.54, 1.807) is 0 Å². The summed E-state index contributed by atoms with van der Waals surface area (Å²) in [6.07, 6.45) is 32.1. The molecule has 1 aromatic carbocycles. The van der Waals surface area contributed by atoms with Gasteiger partial charge in [0.15, 0.2) is 0 Å². The number of hydrogen-bond acceptors (Lipinski definition) is 2. The minimum absolute atomic E-state index is 0.124. The van der Waals surface area contributed by atoms with Crippen molar-refractivity contribution in [3.63, 3.8) is 0 Å². The Morgan fingerprint density at radius 1 is 0.610 bits per heavy atom. The number of anilines is 1. The highest BCUT2D eigenvalue weighted by Gasteiger charge is 2.70. The Kier molecular flexibility index (Phi) is 8.72. The van der Waals surface area contributed by atoms with Crippen LogP contribution in [0.4, 0.5) is 5.69 Å². The summed E-state index contributed by atoms with van der Waals surface area (Å²) in [5, 5.41) is 0. The van der Waals surface area contributed by atoms with E-state index in [1.165, 1.54) is 127 Å². The smallest absolute Gasteiger partial charge is 0.0888 e. The van der Waals surface area contributed by atoms with Crippen molar-refractivity contribution in [3.05, 3.63) is 42.0 Å². The molecule has 2 aliphatic heterocycles. The first kappa shape index (κ1) is 29.8. The summed E-state index contributed by atoms with van der Waals surface area (Å²) in [4.78, 5) is 6.32. The molecule has 3 atom stereocenters. The first-order valence-electron chi connectivity index (χ1n) is 18.2. The highest BCUT2D eigenvalue weighted by atomic mass is 15.5. The van der Waals surface area contributed by atoms with Gasteiger partial charge in [0, 0.05) is 11.2 Å². The SMILES string of the molecule is Cc1ccccc1N1C(C(C)(C)C)N2C(C3CCCCC3)(C3CCCCC3)C=CC2(C2CCCCCCCC2)[C@@H]1C. The van der Waals surface area contributed by atoms with Crippen molar-refractivity contribution >= 4 is 5.69 Å². The summed E-state index contributed by atoms with van der Waals surface area (Å²) in [6.45, 7) is 12.7. The van der Waals surface area contributed by atoms with Crippen molar-refractivity contribution in [3.8, 4) is 0 Å². The predicted octanol–water partition coefficient (Wildman–Crippen LogP) is 10.8. The fourth-order valence-corrected chi connectivity index (χ4v) is 11.0. The second-order valence-corrected chi connectivity index (χ2v) is 16.2. The maximum absolute atomic E-state index is 3.34. The molecule has 1 aromatic rings. The van der Waals surface area contributed by atoms with Gasteiger partial charge in [0.05, 0.1) is 17.7 Å². The van der Waals surface area contributed by atoms with Crippen LogP contribution in [-0.2, 0) is 0 Å². The van der Waals surface area contributed by atoms with E-state index >= 15 is 0 Å². The lowest BCUT2D eigenvalue weighted by molar-refractivity contribution is -0.0880. The molecule has 0 spiro atoms. The maximum Gasteiger partial charge on any atom is 0.0888 e. The molecule has 3 aliphatic carbocycles. The Balaban J connectivity index is 1.57. The lowest BCUT2D eigenvalue weighted by atomic mass is 9.62. The molecule has 0 bridgehead atoms. The molecule has 2 nitrogen and oxygen atoms in total. The maximum atomic E-state index is 3.34. The zero-order valence-corrected chi connectivity index (χ0v) is 27.5. The Bertz CT molecular complexity index is 1010. The standard InChI is InChI=1S/C39H62N2/c1-30-20-18-19-27-35(30)40-31(2)38(32-21-12-8-6-7-9-13-22-32)28-29-39(33-23-14-10-15-24-33,34-25-16-11-17-26-34)41(38)36(40)37(3,4)5/h18-20,27-29,31-34,36H,6-17,21-26H2,1-5H3/t31-,36?,38?/m0/s1. The number of rotatable bonds is 4. The van der Waals surface area contributed by atoms with Gasteiger partial charge in [0.2, 0.25) is 0 Å². The highest BCUT2D eigenvalue weighted by molar-refractivity contribution is 5.59. The van der Waals surface area contributed by atoms with Crippen LogP contribution in [0, 0.1) is 30.1 Å². The molecule has 0 amide bonds. The van der Waals surface area contributed by atoms with Gasteiger partial charge >= 0.3 is 0 Å². The van der Waals surface area contributed by atoms with E-state index in [9.17, 15) is 0 Å². The lowest BCUT2D eigenvalue weighted by Crippen LogP contribution is -2.67. The van der Waals surface area contributed by atoms with Crippen LogP contribution in [0.5, 0.6) is 0 Å². The molecule has 6 rings (SSSR count). The van der Waals surface area contributed by atoms with E-state index in [0.29, 0.717) is 12.2 Å². The number of benzene rings is 1. The second kappa shape index (κ2) is 12.0. The molecule has 2 heteroatoms. The van der Waals surface area contributed by atoms with Gasteiger partial charge in [0.1, 0.15) is 0 Å². The summed E-state index contributed by atoms with van der Waals surface area (Å²) in [5.41, 5.74) is 3.43. The van der Waals surface area contributed by atoms with Gasteiger partial charge in [-0.25, -0.2) is 0 Å². The zero-order chi connectivity index (χ0) is 28.7. The molecular weight excluding hydrogens is 496 g/mol. The Hall–Kier alpha value is -1.28. The van der Waals surface area contributed by atoms with Crippen molar-refractivity contribution in [2.24, 2.45) is 23.2 Å². The second-order valence-electron chi connectivity index (χ2n) is 16.2. The van der Waals surface area contributed by atoms with E-state index in [4.69, 9.17) is 0 Å². The quantitative estimate of drug-likeness (QED) is 0.339. The molecule has 1 saturated heterocycles. The Morgan fingerprint density at radius 3 is 1.51 bits per heavy atom. The minimum Gasteiger partial charge on any atom is -0.350 e. The van der Waals surface area contributed by atoms with Crippen LogP contribution in [0.2, 0.25) is 0 Å². The van der Waals surface area contributed by atoms with Gasteiger partial charge in [-0.05, 0) is 87.2 Å². The molecule has 0 aromatic heterocycles. The third kappa shape index (κ3) is 5.05. The molecule has 4 fully saturated rings. The molecule has 2 heterocycles. The van der Waals surface area contributed by atoms with E-state index in [0.717, 1.165) is 17.8 Å². The van der Waals surface area contributed by atoms with Gasteiger partial charge in [-0.2, -0.15) is 0 Å². The van der Waals surface area contributed by atoms with Crippen LogP contribution < -0.4 is 4.90 Å². The van der Waals surface area contributed by atoms with Gasteiger partial charge < -0.3 is 4.90 Å². The van der Waals surface area contributed by atoms with E-state index in [-0.39, 0.29) is 16.5 Å². The largest absolute Gasteiger partial charge is 0.350 e. The summed E-state index contributed by atoms with van der Waals surface area (Å²) >= 11 is 0. The molecular formula is C39H62N2. The first-order valence-corrected chi connectivity index (χ1v) is 18.2. The molecule has 5 aliphatic rings. The van der Waals surface area contributed by atoms with Gasteiger partial charge in [-0.15, -0.1) is 0 Å². The summed E-state index contributed by atoms with van der Waals surface area (Å²) in [7, 11) is 0. The number of para-hydroxylation sites is 1. The van der Waals surface area contributed by atoms with Gasteiger partial charge in [0.25, 0.3) is 0 Å². The first-order chi connectivity index (χ1) is 19.8. The van der Waals surface area contributed by atoms with Crippen molar-refractivity contribution < 1.29 is 0 Å². The van der Waals surface area contributed by atoms with Crippen LogP contribution in [0.15, 0.2) is 36.4 Å². The summed E-state index contributed by atoms with van der Waals surface area (Å²) < 4.78 is 0. The molecule has 0 radical (unpaired) electrons. The van der Waals surface area contributed by atoms with Crippen LogP contribution in [0.1, 0.15) is 149 Å². The Labute approximate surface area is 253 Å². The minimum atomic E-state index is 0.124. The van der Waals surface area contributed by atoms with Crippen LogP contribution in [0.3, 0.4) is 0 Å². The van der Waals surface area contributed by atoms with E-state index in [1.807, 2.05) is 0 Å². The fourth-order valence-electron chi connectivity index (χ4n) is 11.0. The van der Waals surface area contributed by atoms with Gasteiger partial charge in [-0.1, -0.05) is 128 Å². The average molecular weight is 559 g/mol. The third-order valence-electron chi connectivity index (χ3n) is 12.7. The summed E-state index contributed by atoms with van der Waals surface area (Å²) in [5.74, 6) is 2.37. The highest BCUT2D eigenvalue weighted by Crippen LogP contribution is 2.63. The molecule has 228 valence electrons. The van der Waals surface area contributed by atoms with Crippen LogP contribution in [0.25, 0.3) is 0 Å². The van der Waals surface area contributed by atoms with Crippen LogP contribution >= 0.6 is 0 Å². The van der Waals surface area contributed by atoms with Crippen molar-refractivity contribution in [2.75, 3.05) is 4.90 Å². The van der Waals surface area contributed by atoms with Gasteiger partial charge in [-0.3, -0.25) is 4.90 Å². The van der Waals surface area contributed by atoms with Crippen molar-refractivity contribution in [1.82, 2.24) is 4.90 Å². The third-order valence-corrected chi connectivity index (χ3v) is 12.7. The Morgan fingerprint density at radius 2 is 1.02 bits per heavy atom. The van der Waals surface area contributed by atoms with Crippen molar-refractivity contribution in [2.45, 2.75) is 173 Å². The topological polar surface area (TPSA) is 6.48 Å². The normalized spacial score (nSPS) is 33.0. The summed E-state index contributed by atoms with van der Waals surface area (Å²) in [6, 6.07) is 9.84. The predicted molar refractivity (Wildman–Crippen MR) is 176 cm³/mol. The van der Waals surface area contributed by atoms with E-state index < -0.39 is 0 Å². The molecule has 0 N–H and O–H groups in total. The number of aryl methyl sites for hydroxylation is 1. The molecule has 41 heavy (non-hydrogen) atoms.